The van der Waals surface area contributed by atoms with Crippen LogP contribution in [0.2, 0.25) is 0 Å². The van der Waals surface area contributed by atoms with E-state index in [1.807, 2.05) is 6.92 Å². The van der Waals surface area contributed by atoms with E-state index in [1.54, 1.807) is 4.68 Å². The molecular formula is C13H11F2N5S. The quantitative estimate of drug-likeness (QED) is 0.805. The van der Waals surface area contributed by atoms with E-state index < -0.39 is 11.6 Å². The van der Waals surface area contributed by atoms with E-state index in [-0.39, 0.29) is 0 Å². The Bertz CT molecular complexity index is 797. The third-order valence-electron chi connectivity index (χ3n) is 2.88. The van der Waals surface area contributed by atoms with Gasteiger partial charge in [-0.1, -0.05) is 11.8 Å². The molecule has 2 N–H and O–H groups in total. The number of halogens is 2. The smallest absolute Gasteiger partial charge is 0.164 e. The van der Waals surface area contributed by atoms with Crippen molar-refractivity contribution in [1.82, 2.24) is 19.7 Å². The minimum atomic E-state index is -0.638. The number of nitrogen functional groups attached to an aromatic ring is 1. The van der Waals surface area contributed by atoms with Crippen LogP contribution in [-0.2, 0) is 6.54 Å². The summed E-state index contributed by atoms with van der Waals surface area (Å²) in [7, 11) is 0. The predicted molar refractivity (Wildman–Crippen MR) is 75.9 cm³/mol. The zero-order valence-electron chi connectivity index (χ0n) is 11.0. The number of benzene rings is 1. The van der Waals surface area contributed by atoms with Crippen LogP contribution < -0.4 is 5.73 Å². The molecule has 0 spiro atoms. The molecular weight excluding hydrogens is 296 g/mol. The molecule has 0 amide bonds. The Morgan fingerprint density at radius 3 is 2.57 bits per heavy atom. The Morgan fingerprint density at radius 1 is 1.19 bits per heavy atom. The van der Waals surface area contributed by atoms with E-state index in [0.717, 1.165) is 17.8 Å². The zero-order chi connectivity index (χ0) is 15.0. The molecule has 0 saturated carbocycles. The summed E-state index contributed by atoms with van der Waals surface area (Å²) in [5, 5.41) is 5.49. The van der Waals surface area contributed by atoms with E-state index in [1.165, 1.54) is 18.5 Å². The molecule has 2 heterocycles. The molecule has 5 nitrogen and oxygen atoms in total. The van der Waals surface area contributed by atoms with Crippen LogP contribution in [0.4, 0.5) is 14.6 Å². The molecule has 0 unspecified atom stereocenters. The molecule has 0 fully saturated rings. The highest BCUT2D eigenvalue weighted by Crippen LogP contribution is 2.34. The number of nitrogens with two attached hydrogens (primary N) is 1. The van der Waals surface area contributed by atoms with Gasteiger partial charge in [0, 0.05) is 17.5 Å². The minimum absolute atomic E-state index is 0.291. The van der Waals surface area contributed by atoms with Crippen LogP contribution in [0.5, 0.6) is 0 Å². The standard InChI is InChI=1S/C13H11F2N5S/c1-2-20-12-10(11(16)17-6-18-12)13(19-20)21-9-4-7(14)3-8(15)5-9/h3-6H,2H2,1H3,(H2,16,17,18). The number of aromatic nitrogens is 4. The second-order valence-electron chi connectivity index (χ2n) is 4.29. The molecule has 0 aliphatic carbocycles. The van der Waals surface area contributed by atoms with Gasteiger partial charge in [0.1, 0.15) is 28.8 Å². The molecule has 0 atom stereocenters. The summed E-state index contributed by atoms with van der Waals surface area (Å²) in [5.41, 5.74) is 6.47. The lowest BCUT2D eigenvalue weighted by Gasteiger charge is -2.00. The Kier molecular flexibility index (Phi) is 3.46. The van der Waals surface area contributed by atoms with Crippen LogP contribution >= 0.6 is 11.8 Å². The van der Waals surface area contributed by atoms with Crippen molar-refractivity contribution in [2.24, 2.45) is 0 Å². The van der Waals surface area contributed by atoms with Crippen molar-refractivity contribution in [3.05, 3.63) is 36.2 Å². The van der Waals surface area contributed by atoms with Crippen LogP contribution in [0.15, 0.2) is 34.4 Å². The van der Waals surface area contributed by atoms with Crippen molar-refractivity contribution in [1.29, 1.82) is 0 Å². The van der Waals surface area contributed by atoms with Gasteiger partial charge in [0.2, 0.25) is 0 Å². The summed E-state index contributed by atoms with van der Waals surface area (Å²) >= 11 is 1.12. The fraction of sp³-hybridized carbons (Fsp3) is 0.154. The highest BCUT2D eigenvalue weighted by atomic mass is 32.2. The molecule has 2 aromatic heterocycles. The highest BCUT2D eigenvalue weighted by molar-refractivity contribution is 7.99. The van der Waals surface area contributed by atoms with Crippen LogP contribution in [0.3, 0.4) is 0 Å². The molecule has 108 valence electrons. The van der Waals surface area contributed by atoms with Crippen LogP contribution in [0, 0.1) is 11.6 Å². The highest BCUT2D eigenvalue weighted by Gasteiger charge is 2.16. The summed E-state index contributed by atoms with van der Waals surface area (Å²) in [5.74, 6) is -0.985. The Balaban J connectivity index is 2.12. The Hall–Kier alpha value is -2.22. The topological polar surface area (TPSA) is 69.6 Å². The summed E-state index contributed by atoms with van der Waals surface area (Å²) in [6, 6.07) is 3.30. The maximum absolute atomic E-state index is 13.3. The molecule has 0 radical (unpaired) electrons. The largest absolute Gasteiger partial charge is 0.383 e. The molecule has 1 aromatic carbocycles. The van der Waals surface area contributed by atoms with E-state index in [9.17, 15) is 8.78 Å². The number of rotatable bonds is 3. The van der Waals surface area contributed by atoms with Crippen molar-refractivity contribution < 1.29 is 8.78 Å². The normalized spacial score (nSPS) is 11.2. The Morgan fingerprint density at radius 2 is 1.90 bits per heavy atom. The van der Waals surface area contributed by atoms with Crippen molar-refractivity contribution in [3.63, 3.8) is 0 Å². The second-order valence-corrected chi connectivity index (χ2v) is 5.35. The van der Waals surface area contributed by atoms with Gasteiger partial charge in [0.15, 0.2) is 5.65 Å². The molecule has 0 aliphatic heterocycles. The van der Waals surface area contributed by atoms with Gasteiger partial charge in [-0.25, -0.2) is 23.4 Å². The van der Waals surface area contributed by atoms with Crippen molar-refractivity contribution >= 4 is 28.6 Å². The van der Waals surface area contributed by atoms with E-state index in [4.69, 9.17) is 5.73 Å². The van der Waals surface area contributed by atoms with Crippen molar-refractivity contribution in [2.75, 3.05) is 5.73 Å². The van der Waals surface area contributed by atoms with Gasteiger partial charge < -0.3 is 5.73 Å². The van der Waals surface area contributed by atoms with Crippen molar-refractivity contribution in [3.8, 4) is 0 Å². The average Bonchev–Trinajstić information content (AvgIpc) is 2.77. The third-order valence-corrected chi connectivity index (χ3v) is 3.83. The lowest BCUT2D eigenvalue weighted by Crippen LogP contribution is -1.98. The number of nitrogens with zero attached hydrogens (tertiary/aromatic N) is 4. The van der Waals surface area contributed by atoms with Gasteiger partial charge in [-0.05, 0) is 19.1 Å². The predicted octanol–water partition coefficient (Wildman–Crippen LogP) is 2.86. The Labute approximate surface area is 123 Å². The first-order valence-corrected chi connectivity index (χ1v) is 7.01. The van der Waals surface area contributed by atoms with E-state index in [0.29, 0.717) is 33.3 Å². The van der Waals surface area contributed by atoms with Gasteiger partial charge in [-0.2, -0.15) is 5.10 Å². The summed E-state index contributed by atoms with van der Waals surface area (Å²) in [6.07, 6.45) is 1.36. The third kappa shape index (κ3) is 2.54. The maximum Gasteiger partial charge on any atom is 0.164 e. The first kappa shape index (κ1) is 13.7. The summed E-state index contributed by atoms with van der Waals surface area (Å²) in [6.45, 7) is 2.52. The number of anilines is 1. The summed E-state index contributed by atoms with van der Waals surface area (Å²) in [4.78, 5) is 8.50. The van der Waals surface area contributed by atoms with E-state index in [2.05, 4.69) is 15.1 Å². The first-order chi connectivity index (χ1) is 10.1. The molecule has 0 saturated heterocycles. The monoisotopic (exact) mass is 307 g/mol. The SMILES string of the molecule is CCn1nc(Sc2cc(F)cc(F)c2)c2c(N)ncnc21. The fourth-order valence-electron chi connectivity index (χ4n) is 1.99. The van der Waals surface area contributed by atoms with Gasteiger partial charge in [0.05, 0.1) is 5.39 Å². The number of fused-ring (bicyclic) bond motifs is 1. The molecule has 3 aromatic rings. The van der Waals surface area contributed by atoms with E-state index >= 15 is 0 Å². The van der Waals surface area contributed by atoms with Crippen LogP contribution in [0.1, 0.15) is 6.92 Å². The number of hydrogen-bond donors (Lipinski definition) is 1. The van der Waals surface area contributed by atoms with Gasteiger partial charge in [-0.15, -0.1) is 0 Å². The average molecular weight is 307 g/mol. The first-order valence-electron chi connectivity index (χ1n) is 6.19. The molecule has 0 aliphatic rings. The van der Waals surface area contributed by atoms with Gasteiger partial charge in [-0.3, -0.25) is 0 Å². The lowest BCUT2D eigenvalue weighted by atomic mass is 10.3. The fourth-order valence-corrected chi connectivity index (χ4v) is 2.99. The minimum Gasteiger partial charge on any atom is -0.383 e. The molecule has 21 heavy (non-hydrogen) atoms. The second kappa shape index (κ2) is 5.28. The summed E-state index contributed by atoms with van der Waals surface area (Å²) < 4.78 is 28.2. The van der Waals surface area contributed by atoms with Crippen LogP contribution in [0.25, 0.3) is 11.0 Å². The molecule has 3 rings (SSSR count). The molecule has 8 heteroatoms. The maximum atomic E-state index is 13.3. The van der Waals surface area contributed by atoms with Crippen molar-refractivity contribution in [2.45, 2.75) is 23.4 Å². The zero-order valence-corrected chi connectivity index (χ0v) is 11.9. The van der Waals surface area contributed by atoms with Gasteiger partial charge in [0.25, 0.3) is 0 Å². The number of aryl methyl sites for hydroxylation is 1. The van der Waals surface area contributed by atoms with Crippen LogP contribution in [-0.4, -0.2) is 19.7 Å². The number of hydrogen-bond acceptors (Lipinski definition) is 5. The van der Waals surface area contributed by atoms with Gasteiger partial charge >= 0.3 is 0 Å². The molecule has 0 bridgehead atoms. The lowest BCUT2D eigenvalue weighted by molar-refractivity contribution is 0.577.